The summed E-state index contributed by atoms with van der Waals surface area (Å²) in [5.41, 5.74) is 0.289. The van der Waals surface area contributed by atoms with E-state index in [0.717, 1.165) is 17.3 Å². The van der Waals surface area contributed by atoms with Crippen molar-refractivity contribution in [2.24, 2.45) is 0 Å². The first-order valence-electron chi connectivity index (χ1n) is 5.27. The highest BCUT2D eigenvalue weighted by Crippen LogP contribution is 2.55. The summed E-state index contributed by atoms with van der Waals surface area (Å²) in [5, 5.41) is 18.8. The fraction of sp³-hybridized carbons (Fsp3) is 0.417. The summed E-state index contributed by atoms with van der Waals surface area (Å²) in [6, 6.07) is 3.27. The average Bonchev–Trinajstić information content (AvgIpc) is 3.00. The summed E-state index contributed by atoms with van der Waals surface area (Å²) >= 11 is 3.34. The first-order chi connectivity index (χ1) is 7.98. The van der Waals surface area contributed by atoms with Gasteiger partial charge in [-0.1, -0.05) is 0 Å². The number of aliphatic carboxylic acids is 1. The Morgan fingerprint density at radius 1 is 1.53 bits per heavy atom. The number of hydrogen-bond acceptors (Lipinski definition) is 3. The van der Waals surface area contributed by atoms with Crippen molar-refractivity contribution in [2.75, 3.05) is 7.11 Å². The van der Waals surface area contributed by atoms with Crippen LogP contribution in [0.25, 0.3) is 0 Å². The van der Waals surface area contributed by atoms with Crippen LogP contribution >= 0.6 is 15.9 Å². The monoisotopic (exact) mass is 300 g/mol. The van der Waals surface area contributed by atoms with E-state index in [2.05, 4.69) is 15.9 Å². The largest absolute Gasteiger partial charge is 0.508 e. The molecule has 0 saturated heterocycles. The smallest absolute Gasteiger partial charge is 0.304 e. The van der Waals surface area contributed by atoms with E-state index in [1.54, 1.807) is 6.07 Å². The Kier molecular flexibility index (Phi) is 3.03. The molecule has 0 aliphatic heterocycles. The van der Waals surface area contributed by atoms with E-state index in [0.29, 0.717) is 11.3 Å². The predicted octanol–water partition coefficient (Wildman–Crippen LogP) is 2.67. The van der Waals surface area contributed by atoms with Crippen molar-refractivity contribution in [1.82, 2.24) is 0 Å². The van der Waals surface area contributed by atoms with Crippen molar-refractivity contribution in [3.05, 3.63) is 22.2 Å². The zero-order valence-corrected chi connectivity index (χ0v) is 11.0. The number of phenols is 1. The van der Waals surface area contributed by atoms with Crippen LogP contribution in [0.15, 0.2) is 16.6 Å². The van der Waals surface area contributed by atoms with Crippen molar-refractivity contribution in [3.8, 4) is 11.5 Å². The van der Waals surface area contributed by atoms with Crippen LogP contribution in [0.2, 0.25) is 0 Å². The average molecular weight is 301 g/mol. The SMILES string of the molecule is COc1cc(O)c(C2(CC(=O)O)CC2)cc1Br. The van der Waals surface area contributed by atoms with Gasteiger partial charge in [0.1, 0.15) is 11.5 Å². The van der Waals surface area contributed by atoms with E-state index >= 15 is 0 Å². The van der Waals surface area contributed by atoms with Crippen LogP contribution in [-0.2, 0) is 10.2 Å². The van der Waals surface area contributed by atoms with Crippen molar-refractivity contribution < 1.29 is 19.7 Å². The van der Waals surface area contributed by atoms with Crippen LogP contribution in [0, 0.1) is 0 Å². The molecule has 92 valence electrons. The fourth-order valence-electron chi connectivity index (χ4n) is 2.11. The van der Waals surface area contributed by atoms with E-state index < -0.39 is 11.4 Å². The second kappa shape index (κ2) is 4.22. The molecule has 5 heteroatoms. The van der Waals surface area contributed by atoms with Crippen LogP contribution in [-0.4, -0.2) is 23.3 Å². The molecule has 0 atom stereocenters. The summed E-state index contributed by atoms with van der Waals surface area (Å²) in [7, 11) is 1.52. The second-order valence-corrected chi connectivity index (χ2v) is 5.21. The van der Waals surface area contributed by atoms with Gasteiger partial charge in [0.2, 0.25) is 0 Å². The molecule has 0 heterocycles. The Morgan fingerprint density at radius 2 is 2.18 bits per heavy atom. The van der Waals surface area contributed by atoms with Gasteiger partial charge in [-0.05, 0) is 34.8 Å². The summed E-state index contributed by atoms with van der Waals surface area (Å²) < 4.78 is 5.80. The molecule has 17 heavy (non-hydrogen) atoms. The van der Waals surface area contributed by atoms with E-state index in [1.807, 2.05) is 0 Å². The van der Waals surface area contributed by atoms with Crippen molar-refractivity contribution in [2.45, 2.75) is 24.7 Å². The third kappa shape index (κ3) is 2.24. The maximum atomic E-state index is 10.8. The normalized spacial score (nSPS) is 16.6. The molecular weight excluding hydrogens is 288 g/mol. The maximum absolute atomic E-state index is 10.8. The van der Waals surface area contributed by atoms with Crippen LogP contribution < -0.4 is 4.74 Å². The molecule has 1 aliphatic carbocycles. The molecule has 0 amide bonds. The Bertz CT molecular complexity index is 466. The number of aromatic hydroxyl groups is 1. The lowest BCUT2D eigenvalue weighted by molar-refractivity contribution is -0.137. The van der Waals surface area contributed by atoms with E-state index in [1.165, 1.54) is 13.2 Å². The molecule has 0 aromatic heterocycles. The number of rotatable bonds is 4. The summed E-state index contributed by atoms with van der Waals surface area (Å²) in [6.45, 7) is 0. The summed E-state index contributed by atoms with van der Waals surface area (Å²) in [5.74, 6) is -0.199. The van der Waals surface area contributed by atoms with E-state index in [9.17, 15) is 9.90 Å². The number of carboxylic acids is 1. The molecular formula is C12H13BrO4. The number of carboxylic acid groups (broad SMARTS) is 1. The standard InChI is InChI=1S/C12H13BrO4/c1-17-10-5-9(14)7(4-8(10)13)12(2-3-12)6-11(15)16/h4-5,14H,2-3,6H2,1H3,(H,15,16). The molecule has 1 saturated carbocycles. The molecule has 2 N–H and O–H groups in total. The number of hydrogen-bond donors (Lipinski definition) is 2. The number of phenolic OH excluding ortho intramolecular Hbond substituents is 1. The second-order valence-electron chi connectivity index (χ2n) is 4.35. The number of ether oxygens (including phenoxy) is 1. The predicted molar refractivity (Wildman–Crippen MR) is 65.5 cm³/mol. The Balaban J connectivity index is 2.39. The maximum Gasteiger partial charge on any atom is 0.304 e. The minimum atomic E-state index is -0.839. The highest BCUT2D eigenvalue weighted by molar-refractivity contribution is 9.10. The zero-order chi connectivity index (χ0) is 12.6. The summed E-state index contributed by atoms with van der Waals surface area (Å²) in [6.07, 6.45) is 1.65. The van der Waals surface area contributed by atoms with Gasteiger partial charge in [0.15, 0.2) is 0 Å². The topological polar surface area (TPSA) is 66.8 Å². The molecule has 1 aromatic rings. The van der Waals surface area contributed by atoms with Gasteiger partial charge in [-0.3, -0.25) is 4.79 Å². The highest BCUT2D eigenvalue weighted by atomic mass is 79.9. The lowest BCUT2D eigenvalue weighted by Crippen LogP contribution is -2.13. The van der Waals surface area contributed by atoms with Crippen LogP contribution in [0.3, 0.4) is 0 Å². The minimum absolute atomic E-state index is 0.0549. The highest BCUT2D eigenvalue weighted by Gasteiger charge is 2.47. The van der Waals surface area contributed by atoms with E-state index in [4.69, 9.17) is 9.84 Å². The third-order valence-electron chi connectivity index (χ3n) is 3.18. The van der Waals surface area contributed by atoms with Crippen molar-refractivity contribution >= 4 is 21.9 Å². The van der Waals surface area contributed by atoms with Gasteiger partial charge in [0.05, 0.1) is 18.0 Å². The molecule has 0 bridgehead atoms. The van der Waals surface area contributed by atoms with Gasteiger partial charge >= 0.3 is 5.97 Å². The van der Waals surface area contributed by atoms with Gasteiger partial charge < -0.3 is 14.9 Å². The Morgan fingerprint density at radius 3 is 2.65 bits per heavy atom. The Labute approximate surface area is 107 Å². The lowest BCUT2D eigenvalue weighted by atomic mass is 9.91. The van der Waals surface area contributed by atoms with E-state index in [-0.39, 0.29) is 12.2 Å². The molecule has 0 radical (unpaired) electrons. The lowest BCUT2D eigenvalue weighted by Gasteiger charge is -2.16. The molecule has 0 unspecified atom stereocenters. The number of halogens is 1. The minimum Gasteiger partial charge on any atom is -0.508 e. The first-order valence-corrected chi connectivity index (χ1v) is 6.06. The number of carbonyl (C=O) groups is 1. The number of benzene rings is 1. The third-order valence-corrected chi connectivity index (χ3v) is 3.80. The van der Waals surface area contributed by atoms with Crippen LogP contribution in [0.4, 0.5) is 0 Å². The molecule has 1 aromatic carbocycles. The molecule has 2 rings (SSSR count). The quantitative estimate of drug-likeness (QED) is 0.897. The molecule has 0 spiro atoms. The van der Waals surface area contributed by atoms with Crippen molar-refractivity contribution in [3.63, 3.8) is 0 Å². The van der Waals surface area contributed by atoms with Crippen LogP contribution in [0.1, 0.15) is 24.8 Å². The first kappa shape index (κ1) is 12.2. The van der Waals surface area contributed by atoms with Gasteiger partial charge in [0.25, 0.3) is 0 Å². The van der Waals surface area contributed by atoms with Gasteiger partial charge in [0, 0.05) is 17.0 Å². The summed E-state index contributed by atoms with van der Waals surface area (Å²) in [4.78, 5) is 10.8. The van der Waals surface area contributed by atoms with Gasteiger partial charge in [-0.15, -0.1) is 0 Å². The van der Waals surface area contributed by atoms with Gasteiger partial charge in [-0.2, -0.15) is 0 Å². The van der Waals surface area contributed by atoms with Crippen molar-refractivity contribution in [1.29, 1.82) is 0 Å². The Hall–Kier alpha value is -1.23. The molecule has 4 nitrogen and oxygen atoms in total. The van der Waals surface area contributed by atoms with Crippen LogP contribution in [0.5, 0.6) is 11.5 Å². The zero-order valence-electron chi connectivity index (χ0n) is 9.36. The fourth-order valence-corrected chi connectivity index (χ4v) is 2.61. The number of methoxy groups -OCH3 is 1. The van der Waals surface area contributed by atoms with Gasteiger partial charge in [-0.25, -0.2) is 0 Å². The molecule has 1 aliphatic rings. The molecule has 1 fully saturated rings.